The molecular formula is C35H54O7. The maximum atomic E-state index is 12.6. The van der Waals surface area contributed by atoms with E-state index in [1.807, 2.05) is 6.92 Å². The van der Waals surface area contributed by atoms with Gasteiger partial charge in [-0.2, -0.15) is 0 Å². The number of rotatable bonds is 14. The Morgan fingerprint density at radius 3 is 2.43 bits per heavy atom. The SMILES string of the molecule is C=C(C)[C@@H]1CC=C(CC/C=C(\C)C(=O)O[C@H]2CO[C@H](OC[C@H](C)CCCC3=CC[C@H](C(=C)C)CC3)[C@@H](O)[C@@H]2O)[C@@H](O)C1. The van der Waals surface area contributed by atoms with E-state index in [2.05, 4.69) is 39.2 Å². The van der Waals surface area contributed by atoms with Gasteiger partial charge in [0.15, 0.2) is 12.4 Å². The van der Waals surface area contributed by atoms with Crippen molar-refractivity contribution in [3.63, 3.8) is 0 Å². The molecule has 1 fully saturated rings. The summed E-state index contributed by atoms with van der Waals surface area (Å²) in [6.07, 6.45) is 10.7. The van der Waals surface area contributed by atoms with E-state index in [0.29, 0.717) is 43.3 Å². The fourth-order valence-corrected chi connectivity index (χ4v) is 5.99. The van der Waals surface area contributed by atoms with Crippen LogP contribution >= 0.6 is 0 Å². The summed E-state index contributed by atoms with van der Waals surface area (Å²) in [6.45, 7) is 16.3. The summed E-state index contributed by atoms with van der Waals surface area (Å²) in [5.74, 6) is 0.662. The number of carbonyl (C=O) groups is 1. The van der Waals surface area contributed by atoms with Gasteiger partial charge in [-0.3, -0.25) is 0 Å². The van der Waals surface area contributed by atoms with Crippen molar-refractivity contribution in [1.29, 1.82) is 0 Å². The lowest BCUT2D eigenvalue weighted by molar-refractivity contribution is -0.275. The summed E-state index contributed by atoms with van der Waals surface area (Å²) in [7, 11) is 0. The number of ether oxygens (including phenoxy) is 3. The van der Waals surface area contributed by atoms with Crippen LogP contribution in [0.4, 0.5) is 0 Å². The van der Waals surface area contributed by atoms with Crippen molar-refractivity contribution in [2.75, 3.05) is 13.2 Å². The number of carbonyl (C=O) groups excluding carboxylic acids is 1. The molecule has 236 valence electrons. The first-order valence-corrected chi connectivity index (χ1v) is 15.8. The lowest BCUT2D eigenvalue weighted by Crippen LogP contribution is -2.55. The molecule has 7 nitrogen and oxygen atoms in total. The predicted octanol–water partition coefficient (Wildman–Crippen LogP) is 6.10. The first kappa shape index (κ1) is 34.5. The highest BCUT2D eigenvalue weighted by Crippen LogP contribution is 2.32. The molecule has 0 aromatic heterocycles. The zero-order valence-electron chi connectivity index (χ0n) is 26.2. The maximum absolute atomic E-state index is 12.6. The molecule has 1 heterocycles. The molecule has 0 amide bonds. The predicted molar refractivity (Wildman–Crippen MR) is 165 cm³/mol. The monoisotopic (exact) mass is 586 g/mol. The maximum Gasteiger partial charge on any atom is 0.333 e. The van der Waals surface area contributed by atoms with Crippen LogP contribution in [-0.4, -0.2) is 65.2 Å². The van der Waals surface area contributed by atoms with Gasteiger partial charge in [0.25, 0.3) is 0 Å². The second kappa shape index (κ2) is 16.7. The second-order valence-electron chi connectivity index (χ2n) is 12.9. The summed E-state index contributed by atoms with van der Waals surface area (Å²) in [5, 5.41) is 31.6. The molecule has 0 saturated carbocycles. The number of esters is 1. The number of aliphatic hydroxyl groups is 3. The van der Waals surface area contributed by atoms with Gasteiger partial charge in [-0.1, -0.05) is 55.0 Å². The number of hydrogen-bond acceptors (Lipinski definition) is 7. The standard InChI is InChI=1S/C35H54O7/c1-22(2)27-15-13-26(14-16-27)11-7-9-24(5)20-40-35-33(38)32(37)31(21-41-35)42-34(39)25(6)10-8-12-28-17-18-29(23(3)4)19-30(28)36/h10,13,17,24,27,29-33,35-38H,1,3,7-9,11-12,14-16,18-21H2,2,4-6H3/b25-10+/t24-,27+,29-,30+,31+,32-,33+,35+/m1/s1. The van der Waals surface area contributed by atoms with Crippen LogP contribution < -0.4 is 0 Å². The highest BCUT2D eigenvalue weighted by molar-refractivity contribution is 5.87. The van der Waals surface area contributed by atoms with Gasteiger partial charge in [0, 0.05) is 5.57 Å². The highest BCUT2D eigenvalue weighted by Gasteiger charge is 2.41. The van der Waals surface area contributed by atoms with Gasteiger partial charge in [-0.25, -0.2) is 4.79 Å². The molecule has 3 rings (SSSR count). The molecule has 0 spiro atoms. The smallest absolute Gasteiger partial charge is 0.333 e. The Balaban J connectivity index is 1.34. The molecule has 0 radical (unpaired) electrons. The lowest BCUT2D eigenvalue weighted by Gasteiger charge is -2.37. The van der Waals surface area contributed by atoms with Gasteiger partial charge >= 0.3 is 5.97 Å². The van der Waals surface area contributed by atoms with Crippen molar-refractivity contribution >= 4 is 5.97 Å². The molecule has 3 N–H and O–H groups in total. The zero-order chi connectivity index (χ0) is 30.8. The van der Waals surface area contributed by atoms with Gasteiger partial charge in [0.1, 0.15) is 12.2 Å². The van der Waals surface area contributed by atoms with Crippen molar-refractivity contribution in [3.05, 3.63) is 59.3 Å². The van der Waals surface area contributed by atoms with Gasteiger partial charge < -0.3 is 29.5 Å². The summed E-state index contributed by atoms with van der Waals surface area (Å²) in [6, 6.07) is 0. The van der Waals surface area contributed by atoms with Gasteiger partial charge in [-0.05, 0) is 108 Å². The van der Waals surface area contributed by atoms with Crippen molar-refractivity contribution in [2.45, 2.75) is 123 Å². The minimum Gasteiger partial charge on any atom is -0.454 e. The molecule has 7 heteroatoms. The third-order valence-corrected chi connectivity index (χ3v) is 9.14. The number of hydrogen-bond donors (Lipinski definition) is 3. The van der Waals surface area contributed by atoms with Crippen molar-refractivity contribution in [2.24, 2.45) is 17.8 Å². The van der Waals surface area contributed by atoms with Crippen LogP contribution in [-0.2, 0) is 19.0 Å². The van der Waals surface area contributed by atoms with Crippen LogP contribution in [0.2, 0.25) is 0 Å². The Hall–Kier alpha value is -2.03. The van der Waals surface area contributed by atoms with E-state index in [0.717, 1.165) is 49.7 Å². The summed E-state index contributed by atoms with van der Waals surface area (Å²) >= 11 is 0. The topological polar surface area (TPSA) is 105 Å². The van der Waals surface area contributed by atoms with Gasteiger partial charge in [0.2, 0.25) is 0 Å². The Kier molecular flexibility index (Phi) is 13.7. The molecule has 0 aromatic rings. The Morgan fingerprint density at radius 2 is 1.79 bits per heavy atom. The summed E-state index contributed by atoms with van der Waals surface area (Å²) < 4.78 is 16.9. The normalized spacial score (nSPS) is 31.1. The lowest BCUT2D eigenvalue weighted by atomic mass is 9.82. The van der Waals surface area contributed by atoms with E-state index < -0.39 is 36.7 Å². The van der Waals surface area contributed by atoms with Crippen LogP contribution in [0.5, 0.6) is 0 Å². The van der Waals surface area contributed by atoms with E-state index in [4.69, 9.17) is 14.2 Å². The average Bonchev–Trinajstić information content (AvgIpc) is 2.96. The van der Waals surface area contributed by atoms with E-state index in [1.54, 1.807) is 13.0 Å². The van der Waals surface area contributed by atoms with E-state index in [-0.39, 0.29) is 12.5 Å². The highest BCUT2D eigenvalue weighted by atomic mass is 16.7. The largest absolute Gasteiger partial charge is 0.454 e. The summed E-state index contributed by atoms with van der Waals surface area (Å²) in [4.78, 5) is 12.6. The third kappa shape index (κ3) is 10.3. The fourth-order valence-electron chi connectivity index (χ4n) is 5.99. The Labute approximate surface area is 253 Å². The van der Waals surface area contributed by atoms with Gasteiger partial charge in [-0.15, -0.1) is 0 Å². The third-order valence-electron chi connectivity index (χ3n) is 9.14. The average molecular weight is 587 g/mol. The molecule has 1 saturated heterocycles. The van der Waals surface area contributed by atoms with E-state index in [1.165, 1.54) is 17.6 Å². The minimum atomic E-state index is -1.32. The van der Waals surface area contributed by atoms with Crippen LogP contribution in [0.25, 0.3) is 0 Å². The number of allylic oxidation sites excluding steroid dienone is 6. The van der Waals surface area contributed by atoms with Crippen molar-refractivity contribution in [1.82, 2.24) is 0 Å². The van der Waals surface area contributed by atoms with Crippen molar-refractivity contribution in [3.8, 4) is 0 Å². The summed E-state index contributed by atoms with van der Waals surface area (Å²) in [5.41, 5.74) is 5.31. The molecule has 0 bridgehead atoms. The number of aliphatic hydroxyl groups excluding tert-OH is 3. The molecule has 3 aliphatic rings. The second-order valence-corrected chi connectivity index (χ2v) is 12.9. The minimum absolute atomic E-state index is 0.0570. The van der Waals surface area contributed by atoms with Crippen LogP contribution in [0.15, 0.2) is 59.3 Å². The molecule has 8 atom stereocenters. The molecule has 2 aliphatic carbocycles. The van der Waals surface area contributed by atoms with E-state index >= 15 is 0 Å². The molecule has 0 unspecified atom stereocenters. The first-order valence-electron chi connectivity index (χ1n) is 15.8. The van der Waals surface area contributed by atoms with Crippen LogP contribution in [0.3, 0.4) is 0 Å². The molecule has 42 heavy (non-hydrogen) atoms. The molecule has 0 aromatic carbocycles. The fraction of sp³-hybridized carbons (Fsp3) is 0.686. The molecule has 1 aliphatic heterocycles. The Morgan fingerprint density at radius 1 is 1.07 bits per heavy atom. The first-order chi connectivity index (χ1) is 20.0. The van der Waals surface area contributed by atoms with Gasteiger partial charge in [0.05, 0.1) is 19.3 Å². The quantitative estimate of drug-likeness (QED) is 0.128. The van der Waals surface area contributed by atoms with Crippen LogP contribution in [0.1, 0.15) is 91.9 Å². The van der Waals surface area contributed by atoms with Crippen LogP contribution in [0, 0.1) is 17.8 Å². The van der Waals surface area contributed by atoms with Crippen molar-refractivity contribution < 1.29 is 34.3 Å². The molecular weight excluding hydrogens is 532 g/mol. The zero-order valence-corrected chi connectivity index (χ0v) is 26.2. The van der Waals surface area contributed by atoms with E-state index in [9.17, 15) is 20.1 Å². The Bertz CT molecular complexity index is 1020.